The topological polar surface area (TPSA) is 49.7 Å². The summed E-state index contributed by atoms with van der Waals surface area (Å²) in [4.78, 5) is 0. The minimum absolute atomic E-state index is 0.106. The fraction of sp³-hybridized carbons (Fsp3) is 0.500. The van der Waals surface area contributed by atoms with Gasteiger partial charge in [0, 0.05) is 6.07 Å². The Kier molecular flexibility index (Phi) is 2.99. The summed E-state index contributed by atoms with van der Waals surface area (Å²) in [5.41, 5.74) is 0. The molecule has 1 aliphatic carbocycles. The van der Waals surface area contributed by atoms with Crippen LogP contribution < -0.4 is 4.74 Å². The highest BCUT2D eigenvalue weighted by molar-refractivity contribution is 5.43. The van der Waals surface area contributed by atoms with E-state index in [9.17, 15) is 5.11 Å². The highest BCUT2D eigenvalue weighted by Crippen LogP contribution is 2.30. The Bertz CT molecular complexity index is 330. The van der Waals surface area contributed by atoms with Crippen LogP contribution in [-0.4, -0.2) is 16.3 Å². The van der Waals surface area contributed by atoms with Crippen molar-refractivity contribution >= 4 is 0 Å². The average Bonchev–Trinajstić information content (AvgIpc) is 2.25. The number of rotatable bonds is 2. The lowest BCUT2D eigenvalue weighted by Gasteiger charge is -2.23. The van der Waals surface area contributed by atoms with Gasteiger partial charge in [0.05, 0.1) is 6.10 Å². The van der Waals surface area contributed by atoms with Crippen molar-refractivity contribution in [2.24, 2.45) is 0 Å². The first-order chi connectivity index (χ1) is 7.25. The Morgan fingerprint density at radius 3 is 2.40 bits per heavy atom. The zero-order chi connectivity index (χ0) is 10.7. The van der Waals surface area contributed by atoms with Crippen molar-refractivity contribution in [2.75, 3.05) is 0 Å². The quantitative estimate of drug-likeness (QED) is 0.735. The fourth-order valence-electron chi connectivity index (χ4n) is 1.95. The van der Waals surface area contributed by atoms with Crippen LogP contribution in [0.4, 0.5) is 0 Å². The lowest BCUT2D eigenvalue weighted by molar-refractivity contribution is 0.154. The summed E-state index contributed by atoms with van der Waals surface area (Å²) in [5, 5.41) is 18.4. The van der Waals surface area contributed by atoms with Crippen molar-refractivity contribution in [3.63, 3.8) is 0 Å². The first-order valence-corrected chi connectivity index (χ1v) is 5.44. The summed E-state index contributed by atoms with van der Waals surface area (Å²) in [5.74, 6) is 0.409. The molecule has 1 aliphatic rings. The second-order valence-corrected chi connectivity index (χ2v) is 4.03. The highest BCUT2D eigenvalue weighted by atomic mass is 16.5. The molecule has 2 N–H and O–H groups in total. The smallest absolute Gasteiger partial charge is 0.161 e. The summed E-state index contributed by atoms with van der Waals surface area (Å²) in [6, 6.07) is 4.60. The van der Waals surface area contributed by atoms with E-state index in [2.05, 4.69) is 0 Å². The van der Waals surface area contributed by atoms with Crippen molar-refractivity contribution < 1.29 is 14.9 Å². The summed E-state index contributed by atoms with van der Waals surface area (Å²) >= 11 is 0. The summed E-state index contributed by atoms with van der Waals surface area (Å²) in [7, 11) is 0. The number of hydrogen-bond donors (Lipinski definition) is 2. The van der Waals surface area contributed by atoms with Gasteiger partial charge < -0.3 is 14.9 Å². The molecular weight excluding hydrogens is 192 g/mol. The van der Waals surface area contributed by atoms with Crippen molar-refractivity contribution in [2.45, 2.75) is 38.2 Å². The van der Waals surface area contributed by atoms with E-state index in [1.165, 1.54) is 31.4 Å². The predicted octanol–water partition coefficient (Wildman–Crippen LogP) is 2.81. The van der Waals surface area contributed by atoms with E-state index >= 15 is 0 Å². The van der Waals surface area contributed by atoms with Crippen molar-refractivity contribution in [3.05, 3.63) is 18.2 Å². The maximum atomic E-state index is 9.30. The van der Waals surface area contributed by atoms with Crippen LogP contribution >= 0.6 is 0 Å². The molecule has 0 saturated heterocycles. The molecule has 82 valence electrons. The second-order valence-electron chi connectivity index (χ2n) is 4.03. The van der Waals surface area contributed by atoms with Crippen molar-refractivity contribution in [1.29, 1.82) is 0 Å². The minimum Gasteiger partial charge on any atom is -0.504 e. The molecule has 0 unspecified atom stereocenters. The van der Waals surface area contributed by atoms with Gasteiger partial charge in [-0.1, -0.05) is 6.42 Å². The molecular formula is C12H16O3. The molecule has 3 nitrogen and oxygen atoms in total. The number of ether oxygens (including phenoxy) is 1. The van der Waals surface area contributed by atoms with E-state index in [4.69, 9.17) is 9.84 Å². The lowest BCUT2D eigenvalue weighted by Crippen LogP contribution is -2.19. The number of phenolic OH excluding ortho intramolecular Hbond substituents is 2. The minimum atomic E-state index is -0.122. The number of benzene rings is 1. The molecule has 15 heavy (non-hydrogen) atoms. The van der Waals surface area contributed by atoms with Gasteiger partial charge in [-0.15, -0.1) is 0 Å². The maximum Gasteiger partial charge on any atom is 0.161 e. The van der Waals surface area contributed by atoms with Crippen LogP contribution in [0.1, 0.15) is 32.1 Å². The van der Waals surface area contributed by atoms with Gasteiger partial charge in [-0.05, 0) is 37.8 Å². The molecule has 0 amide bonds. The van der Waals surface area contributed by atoms with E-state index in [1.54, 1.807) is 6.07 Å². The molecule has 0 aliphatic heterocycles. The summed E-state index contributed by atoms with van der Waals surface area (Å²) in [6.45, 7) is 0. The highest BCUT2D eigenvalue weighted by Gasteiger charge is 2.15. The van der Waals surface area contributed by atoms with E-state index in [-0.39, 0.29) is 17.6 Å². The number of hydrogen-bond acceptors (Lipinski definition) is 3. The van der Waals surface area contributed by atoms with Gasteiger partial charge in [0.15, 0.2) is 11.5 Å². The number of aromatic hydroxyl groups is 2. The van der Waals surface area contributed by atoms with Crippen LogP contribution in [0.25, 0.3) is 0 Å². The Labute approximate surface area is 89.3 Å². The molecule has 0 heterocycles. The van der Waals surface area contributed by atoms with Gasteiger partial charge in [-0.25, -0.2) is 0 Å². The molecule has 2 rings (SSSR count). The predicted molar refractivity (Wildman–Crippen MR) is 57.3 cm³/mol. The third-order valence-electron chi connectivity index (χ3n) is 2.80. The molecule has 0 aromatic heterocycles. The van der Waals surface area contributed by atoms with E-state index in [0.717, 1.165) is 12.8 Å². The molecule has 0 radical (unpaired) electrons. The van der Waals surface area contributed by atoms with Gasteiger partial charge in [0.25, 0.3) is 0 Å². The van der Waals surface area contributed by atoms with Gasteiger partial charge in [0.2, 0.25) is 0 Å². The van der Waals surface area contributed by atoms with Crippen LogP contribution in [0.2, 0.25) is 0 Å². The monoisotopic (exact) mass is 208 g/mol. The first-order valence-electron chi connectivity index (χ1n) is 5.44. The maximum absolute atomic E-state index is 9.30. The van der Waals surface area contributed by atoms with E-state index < -0.39 is 0 Å². The Morgan fingerprint density at radius 2 is 1.73 bits per heavy atom. The van der Waals surface area contributed by atoms with E-state index in [1.807, 2.05) is 0 Å². The molecule has 1 fully saturated rings. The van der Waals surface area contributed by atoms with E-state index in [0.29, 0.717) is 5.75 Å². The Hall–Kier alpha value is -1.38. The zero-order valence-corrected chi connectivity index (χ0v) is 8.65. The molecule has 1 saturated carbocycles. The number of phenols is 2. The normalized spacial score (nSPS) is 17.6. The molecule has 0 spiro atoms. The van der Waals surface area contributed by atoms with Gasteiger partial charge in [-0.2, -0.15) is 0 Å². The van der Waals surface area contributed by atoms with Crippen LogP contribution in [-0.2, 0) is 0 Å². The van der Waals surface area contributed by atoms with Gasteiger partial charge in [-0.3, -0.25) is 0 Å². The third-order valence-corrected chi connectivity index (χ3v) is 2.80. The van der Waals surface area contributed by atoms with Crippen molar-refractivity contribution in [3.8, 4) is 17.2 Å². The Balaban J connectivity index is 2.00. The fourth-order valence-corrected chi connectivity index (χ4v) is 1.95. The average molecular weight is 208 g/mol. The SMILES string of the molecule is Oc1ccc(OC2CCCCC2)cc1O. The molecule has 3 heteroatoms. The Morgan fingerprint density at radius 1 is 1.00 bits per heavy atom. The van der Waals surface area contributed by atoms with Crippen molar-refractivity contribution in [1.82, 2.24) is 0 Å². The van der Waals surface area contributed by atoms with Crippen LogP contribution in [0.5, 0.6) is 17.2 Å². The molecule has 0 bridgehead atoms. The van der Waals surface area contributed by atoms with Gasteiger partial charge >= 0.3 is 0 Å². The summed E-state index contributed by atoms with van der Waals surface area (Å²) < 4.78 is 5.72. The summed E-state index contributed by atoms with van der Waals surface area (Å²) in [6.07, 6.45) is 6.16. The third kappa shape index (κ3) is 2.55. The van der Waals surface area contributed by atoms with Crippen LogP contribution in [0.15, 0.2) is 18.2 Å². The first kappa shape index (κ1) is 10.1. The molecule has 1 aromatic carbocycles. The standard InChI is InChI=1S/C12H16O3/c13-11-7-6-10(8-12(11)14)15-9-4-2-1-3-5-9/h6-9,13-14H,1-5H2. The second kappa shape index (κ2) is 4.43. The zero-order valence-electron chi connectivity index (χ0n) is 8.65. The largest absolute Gasteiger partial charge is 0.504 e. The lowest BCUT2D eigenvalue weighted by atomic mass is 9.98. The van der Waals surface area contributed by atoms with Crippen LogP contribution in [0.3, 0.4) is 0 Å². The molecule has 1 aromatic rings. The van der Waals surface area contributed by atoms with Gasteiger partial charge in [0.1, 0.15) is 5.75 Å². The molecule has 0 atom stereocenters. The van der Waals surface area contributed by atoms with Crippen LogP contribution in [0, 0.1) is 0 Å².